The number of fused-ring (bicyclic) bond motifs is 3. The number of carbonyl (C=O) groups excluding carboxylic acids is 2. The molecule has 3 N–H and O–H groups in total. The van der Waals surface area contributed by atoms with E-state index in [9.17, 15) is 9.59 Å². The Morgan fingerprint density at radius 3 is 3.00 bits per heavy atom. The van der Waals surface area contributed by atoms with Crippen LogP contribution in [0.2, 0.25) is 5.02 Å². The summed E-state index contributed by atoms with van der Waals surface area (Å²) >= 11 is 6.15. The molecule has 2 heterocycles. The minimum atomic E-state index is -0.285. The van der Waals surface area contributed by atoms with Crippen LogP contribution >= 0.6 is 11.6 Å². The number of nitrogens with zero attached hydrogens (tertiary/aromatic N) is 2. The summed E-state index contributed by atoms with van der Waals surface area (Å²) in [6.07, 6.45) is 8.21. The molecule has 1 aliphatic rings. The fourth-order valence-corrected chi connectivity index (χ4v) is 3.98. The highest BCUT2D eigenvalue weighted by molar-refractivity contribution is 6.31. The van der Waals surface area contributed by atoms with Gasteiger partial charge in [0.15, 0.2) is 0 Å². The Morgan fingerprint density at radius 1 is 1.28 bits per heavy atom. The Morgan fingerprint density at radius 2 is 2.17 bits per heavy atom. The van der Waals surface area contributed by atoms with Crippen molar-refractivity contribution >= 4 is 34.3 Å². The van der Waals surface area contributed by atoms with E-state index in [0.717, 1.165) is 35.9 Å². The molecule has 8 heteroatoms. The summed E-state index contributed by atoms with van der Waals surface area (Å²) in [6.45, 7) is 0.406. The molecule has 29 heavy (non-hydrogen) atoms. The van der Waals surface area contributed by atoms with Crippen molar-refractivity contribution in [2.75, 3.05) is 6.54 Å². The van der Waals surface area contributed by atoms with E-state index in [0.29, 0.717) is 24.4 Å². The molecule has 3 aromatic rings. The van der Waals surface area contributed by atoms with Crippen LogP contribution in [0.15, 0.2) is 36.8 Å². The van der Waals surface area contributed by atoms with Gasteiger partial charge >= 0.3 is 0 Å². The molecule has 7 nitrogen and oxygen atoms in total. The van der Waals surface area contributed by atoms with Crippen molar-refractivity contribution in [1.82, 2.24) is 25.6 Å². The third-order valence-electron chi connectivity index (χ3n) is 5.17. The topological polar surface area (TPSA) is 99.8 Å². The number of aromatic nitrogens is 3. The van der Waals surface area contributed by atoms with Crippen LogP contribution in [0.25, 0.3) is 10.9 Å². The molecule has 0 aliphatic heterocycles. The summed E-state index contributed by atoms with van der Waals surface area (Å²) in [4.78, 5) is 35.6. The lowest BCUT2D eigenvalue weighted by Gasteiger charge is -2.24. The van der Waals surface area contributed by atoms with E-state index in [2.05, 4.69) is 25.6 Å². The standard InChI is InChI=1S/C21H22ClN5O2/c22-13-6-7-16-15(11-13)14-3-1-4-17(20(14)27-16)26-19(28)5-2-8-25-21(29)18-12-23-9-10-24-18/h6-7,9-12,17,27H,1-5,8H2,(H,25,29)(H,26,28)/t17-/m1/s1. The summed E-state index contributed by atoms with van der Waals surface area (Å²) in [5, 5.41) is 7.74. The molecular weight excluding hydrogens is 390 g/mol. The highest BCUT2D eigenvalue weighted by Crippen LogP contribution is 2.35. The van der Waals surface area contributed by atoms with E-state index in [4.69, 9.17) is 11.6 Å². The van der Waals surface area contributed by atoms with Gasteiger partial charge in [0.25, 0.3) is 5.91 Å². The lowest BCUT2D eigenvalue weighted by atomic mass is 9.91. The summed E-state index contributed by atoms with van der Waals surface area (Å²) < 4.78 is 0. The molecule has 0 radical (unpaired) electrons. The molecule has 0 saturated carbocycles. The van der Waals surface area contributed by atoms with Crippen LogP contribution in [-0.4, -0.2) is 33.3 Å². The fraction of sp³-hybridized carbons (Fsp3) is 0.333. The Labute approximate surface area is 173 Å². The fourth-order valence-electron chi connectivity index (χ4n) is 3.80. The van der Waals surface area contributed by atoms with Gasteiger partial charge in [-0.05, 0) is 49.4 Å². The maximum absolute atomic E-state index is 12.4. The number of aromatic amines is 1. The molecule has 0 spiro atoms. The van der Waals surface area contributed by atoms with E-state index in [-0.39, 0.29) is 23.6 Å². The first-order valence-corrected chi connectivity index (χ1v) is 10.1. The Kier molecular flexibility index (Phi) is 5.76. The van der Waals surface area contributed by atoms with Crippen molar-refractivity contribution in [2.24, 2.45) is 0 Å². The number of hydrogen-bond donors (Lipinski definition) is 3. The van der Waals surface area contributed by atoms with Gasteiger partial charge in [0.2, 0.25) is 5.91 Å². The third kappa shape index (κ3) is 4.40. The van der Waals surface area contributed by atoms with E-state index < -0.39 is 0 Å². The molecule has 150 valence electrons. The first-order chi connectivity index (χ1) is 14.1. The van der Waals surface area contributed by atoms with Crippen molar-refractivity contribution in [3.8, 4) is 0 Å². The predicted octanol–water partition coefficient (Wildman–Crippen LogP) is 3.32. The summed E-state index contributed by atoms with van der Waals surface area (Å²) in [6, 6.07) is 5.81. The smallest absolute Gasteiger partial charge is 0.271 e. The van der Waals surface area contributed by atoms with E-state index >= 15 is 0 Å². The number of nitrogens with one attached hydrogen (secondary N) is 3. The molecular formula is C21H22ClN5O2. The van der Waals surface area contributed by atoms with E-state index in [1.807, 2.05) is 18.2 Å². The first kappa shape index (κ1) is 19.4. The number of hydrogen-bond acceptors (Lipinski definition) is 4. The van der Waals surface area contributed by atoms with Crippen LogP contribution in [0.1, 0.15) is 53.5 Å². The van der Waals surface area contributed by atoms with Crippen molar-refractivity contribution in [3.05, 3.63) is 58.8 Å². The molecule has 0 bridgehead atoms. The monoisotopic (exact) mass is 411 g/mol. The zero-order chi connectivity index (χ0) is 20.2. The van der Waals surface area contributed by atoms with Gasteiger partial charge < -0.3 is 15.6 Å². The van der Waals surface area contributed by atoms with Crippen LogP contribution in [0.5, 0.6) is 0 Å². The quantitative estimate of drug-likeness (QED) is 0.542. The zero-order valence-electron chi connectivity index (χ0n) is 15.9. The summed E-state index contributed by atoms with van der Waals surface area (Å²) in [7, 11) is 0. The number of amides is 2. The van der Waals surface area contributed by atoms with Crippen LogP contribution in [0.4, 0.5) is 0 Å². The Hall–Kier alpha value is -2.93. The number of halogens is 1. The van der Waals surface area contributed by atoms with Crippen LogP contribution in [-0.2, 0) is 11.2 Å². The molecule has 0 fully saturated rings. The average molecular weight is 412 g/mol. The maximum atomic E-state index is 12.4. The van der Waals surface area contributed by atoms with Crippen molar-refractivity contribution in [1.29, 1.82) is 0 Å². The van der Waals surface area contributed by atoms with Gasteiger partial charge in [-0.3, -0.25) is 14.6 Å². The molecule has 0 unspecified atom stereocenters. The Bertz CT molecular complexity index is 1030. The third-order valence-corrected chi connectivity index (χ3v) is 5.40. The number of carbonyl (C=O) groups is 2. The van der Waals surface area contributed by atoms with E-state index in [1.165, 1.54) is 24.2 Å². The van der Waals surface area contributed by atoms with Gasteiger partial charge in [0.05, 0.1) is 12.2 Å². The van der Waals surface area contributed by atoms with Gasteiger partial charge in [-0.15, -0.1) is 0 Å². The predicted molar refractivity (Wildman–Crippen MR) is 111 cm³/mol. The number of H-pyrrole nitrogens is 1. The lowest BCUT2D eigenvalue weighted by molar-refractivity contribution is -0.122. The molecule has 0 saturated heterocycles. The zero-order valence-corrected chi connectivity index (χ0v) is 16.6. The van der Waals surface area contributed by atoms with Crippen LogP contribution in [0, 0.1) is 0 Å². The lowest BCUT2D eigenvalue weighted by Crippen LogP contribution is -2.32. The Balaban J connectivity index is 1.31. The molecule has 1 aliphatic carbocycles. The average Bonchev–Trinajstić information content (AvgIpc) is 3.11. The SMILES string of the molecule is O=C(CCCNC(=O)c1cnccn1)N[C@@H]1CCCc2c1[nH]c1ccc(Cl)cc21. The molecule has 1 aromatic carbocycles. The summed E-state index contributed by atoms with van der Waals surface area (Å²) in [5.41, 5.74) is 3.64. The number of aryl methyl sites for hydroxylation is 1. The molecule has 2 amide bonds. The highest BCUT2D eigenvalue weighted by Gasteiger charge is 2.25. The number of rotatable bonds is 6. The second kappa shape index (κ2) is 8.61. The largest absolute Gasteiger partial charge is 0.356 e. The van der Waals surface area contributed by atoms with Gasteiger partial charge in [0, 0.05) is 47.0 Å². The van der Waals surface area contributed by atoms with E-state index in [1.54, 1.807) is 0 Å². The summed E-state index contributed by atoms with van der Waals surface area (Å²) in [5.74, 6) is -0.305. The maximum Gasteiger partial charge on any atom is 0.271 e. The van der Waals surface area contributed by atoms with Crippen molar-refractivity contribution in [2.45, 2.75) is 38.1 Å². The second-order valence-electron chi connectivity index (χ2n) is 7.17. The van der Waals surface area contributed by atoms with Crippen molar-refractivity contribution < 1.29 is 9.59 Å². The highest BCUT2D eigenvalue weighted by atomic mass is 35.5. The van der Waals surface area contributed by atoms with Crippen molar-refractivity contribution in [3.63, 3.8) is 0 Å². The minimum absolute atomic E-state index is 0.0201. The first-order valence-electron chi connectivity index (χ1n) is 9.75. The van der Waals surface area contributed by atoms with Crippen LogP contribution in [0.3, 0.4) is 0 Å². The molecule has 2 aromatic heterocycles. The normalized spacial score (nSPS) is 15.7. The minimum Gasteiger partial charge on any atom is -0.356 e. The van der Waals surface area contributed by atoms with Gasteiger partial charge in [0.1, 0.15) is 5.69 Å². The molecule has 4 rings (SSSR count). The number of benzene rings is 1. The van der Waals surface area contributed by atoms with Gasteiger partial charge in [-0.2, -0.15) is 0 Å². The van der Waals surface area contributed by atoms with Gasteiger partial charge in [-0.1, -0.05) is 11.6 Å². The second-order valence-corrected chi connectivity index (χ2v) is 7.61. The van der Waals surface area contributed by atoms with Crippen LogP contribution < -0.4 is 10.6 Å². The van der Waals surface area contributed by atoms with Gasteiger partial charge in [-0.25, -0.2) is 4.98 Å². The molecule has 1 atom stereocenters.